The van der Waals surface area contributed by atoms with Gasteiger partial charge in [-0.1, -0.05) is 6.07 Å². The first-order valence-corrected chi connectivity index (χ1v) is 10.1. The largest absolute Gasteiger partial charge is 0.496 e. The van der Waals surface area contributed by atoms with Crippen LogP contribution in [-0.2, 0) is 23.6 Å². The zero-order valence-electron chi connectivity index (χ0n) is 14.8. The molecule has 1 aromatic heterocycles. The molecule has 0 aliphatic rings. The lowest BCUT2D eigenvalue weighted by molar-refractivity contribution is 0.402. The third kappa shape index (κ3) is 3.45. The molecule has 0 spiro atoms. The molecule has 0 N–H and O–H groups in total. The van der Waals surface area contributed by atoms with Gasteiger partial charge in [0.15, 0.2) is 0 Å². The van der Waals surface area contributed by atoms with Crippen molar-refractivity contribution in [3.8, 4) is 5.75 Å². The molecule has 0 saturated carbocycles. The lowest BCUT2D eigenvalue weighted by atomic mass is 10.2. The molecular weight excluding hydrogens is 346 g/mol. The second-order valence-corrected chi connectivity index (χ2v) is 8.40. The van der Waals surface area contributed by atoms with Crippen LogP contribution in [0.1, 0.15) is 17.0 Å². The van der Waals surface area contributed by atoms with Gasteiger partial charge in [0.2, 0.25) is 10.0 Å². The fourth-order valence-corrected chi connectivity index (χ4v) is 4.70. The minimum absolute atomic E-state index is 0.265. The average molecular weight is 370 g/mol. The van der Waals surface area contributed by atoms with Crippen LogP contribution in [0, 0.1) is 13.8 Å². The van der Waals surface area contributed by atoms with E-state index < -0.39 is 10.0 Å². The van der Waals surface area contributed by atoms with Crippen LogP contribution in [0.15, 0.2) is 28.0 Å². The number of aromatic nitrogens is 2. The van der Waals surface area contributed by atoms with Crippen molar-refractivity contribution in [2.45, 2.75) is 30.2 Å². The van der Waals surface area contributed by atoms with E-state index in [-0.39, 0.29) is 11.4 Å². The number of rotatable bonds is 6. The van der Waals surface area contributed by atoms with Crippen LogP contribution in [0.5, 0.6) is 5.75 Å². The first-order valence-electron chi connectivity index (χ1n) is 7.39. The highest BCUT2D eigenvalue weighted by atomic mass is 32.2. The van der Waals surface area contributed by atoms with Gasteiger partial charge >= 0.3 is 0 Å². The maximum absolute atomic E-state index is 12.9. The topological polar surface area (TPSA) is 64.4 Å². The Labute approximate surface area is 147 Å². The molecule has 0 fully saturated rings. The number of sulfonamides is 1. The molecule has 0 aliphatic heterocycles. The molecule has 0 bridgehead atoms. The monoisotopic (exact) mass is 369 g/mol. The second kappa shape index (κ2) is 7.16. The molecule has 0 amide bonds. The zero-order valence-corrected chi connectivity index (χ0v) is 16.5. The first-order chi connectivity index (χ1) is 11.2. The van der Waals surface area contributed by atoms with Crippen molar-refractivity contribution in [2.75, 3.05) is 20.4 Å². The summed E-state index contributed by atoms with van der Waals surface area (Å²) in [7, 11) is 1.33. The summed E-state index contributed by atoms with van der Waals surface area (Å²) in [4.78, 5) is 1.30. The Morgan fingerprint density at radius 3 is 2.50 bits per heavy atom. The van der Waals surface area contributed by atoms with Crippen LogP contribution >= 0.6 is 11.8 Å². The smallest absolute Gasteiger partial charge is 0.246 e. The molecule has 8 heteroatoms. The van der Waals surface area contributed by atoms with E-state index in [1.165, 1.54) is 4.31 Å². The summed E-state index contributed by atoms with van der Waals surface area (Å²) >= 11 is 1.59. The van der Waals surface area contributed by atoms with Gasteiger partial charge in [0.05, 0.1) is 18.5 Å². The van der Waals surface area contributed by atoms with Crippen LogP contribution in [0.4, 0.5) is 0 Å². The maximum Gasteiger partial charge on any atom is 0.246 e. The Balaban J connectivity index is 2.33. The van der Waals surface area contributed by atoms with Crippen LogP contribution in [0.3, 0.4) is 0 Å². The third-order valence-corrected chi connectivity index (χ3v) is 6.80. The van der Waals surface area contributed by atoms with Crippen molar-refractivity contribution in [2.24, 2.45) is 7.05 Å². The maximum atomic E-state index is 12.9. The Hall–Kier alpha value is -1.51. The van der Waals surface area contributed by atoms with Crippen molar-refractivity contribution in [3.05, 3.63) is 35.2 Å². The Morgan fingerprint density at radius 2 is 2.00 bits per heavy atom. The molecule has 132 valence electrons. The fraction of sp³-hybridized carbons (Fsp3) is 0.438. The number of hydrogen-bond acceptors (Lipinski definition) is 5. The van der Waals surface area contributed by atoms with Gasteiger partial charge in [0.1, 0.15) is 10.6 Å². The molecule has 0 atom stereocenters. The van der Waals surface area contributed by atoms with Crippen LogP contribution < -0.4 is 4.74 Å². The quantitative estimate of drug-likeness (QED) is 0.732. The summed E-state index contributed by atoms with van der Waals surface area (Å²) in [6, 6.07) is 5.74. The van der Waals surface area contributed by atoms with E-state index in [9.17, 15) is 8.42 Å². The van der Waals surface area contributed by atoms with E-state index in [0.717, 1.165) is 16.2 Å². The van der Waals surface area contributed by atoms with Crippen LogP contribution in [0.25, 0.3) is 0 Å². The third-order valence-electron chi connectivity index (χ3n) is 3.96. The average Bonchev–Trinajstić information content (AvgIpc) is 2.80. The number of benzene rings is 1. The highest BCUT2D eigenvalue weighted by molar-refractivity contribution is 7.98. The van der Waals surface area contributed by atoms with Crippen molar-refractivity contribution in [3.63, 3.8) is 0 Å². The summed E-state index contributed by atoms with van der Waals surface area (Å²) in [5, 5.41) is 4.20. The number of thioether (sulfide) groups is 1. The highest BCUT2D eigenvalue weighted by Crippen LogP contribution is 2.29. The number of aryl methyl sites for hydroxylation is 2. The molecular formula is C16H23N3O3S2. The van der Waals surface area contributed by atoms with E-state index in [0.29, 0.717) is 11.4 Å². The molecule has 2 aromatic rings. The molecule has 6 nitrogen and oxygen atoms in total. The Morgan fingerprint density at radius 1 is 1.33 bits per heavy atom. The molecule has 0 unspecified atom stereocenters. The van der Waals surface area contributed by atoms with E-state index >= 15 is 0 Å². The van der Waals surface area contributed by atoms with E-state index in [1.807, 2.05) is 24.5 Å². The van der Waals surface area contributed by atoms with Gasteiger partial charge in [-0.25, -0.2) is 8.42 Å². The van der Waals surface area contributed by atoms with Gasteiger partial charge in [0.25, 0.3) is 0 Å². The van der Waals surface area contributed by atoms with E-state index in [1.54, 1.807) is 51.5 Å². The number of nitrogens with zero attached hydrogens (tertiary/aromatic N) is 3. The molecule has 0 radical (unpaired) electrons. The predicted molar refractivity (Wildman–Crippen MR) is 96.1 cm³/mol. The normalized spacial score (nSPS) is 12.0. The first kappa shape index (κ1) is 18.8. The SMILES string of the molecule is COc1cc(CN(C)S(=O)(=O)c2c(C)nn(C)c2C)ccc1SC. The van der Waals surface area contributed by atoms with E-state index in [2.05, 4.69) is 5.10 Å². The van der Waals surface area contributed by atoms with Gasteiger partial charge < -0.3 is 4.74 Å². The zero-order chi connectivity index (χ0) is 18.1. The molecule has 0 aliphatic carbocycles. The summed E-state index contributed by atoms with van der Waals surface area (Å²) in [5.74, 6) is 0.750. The molecule has 24 heavy (non-hydrogen) atoms. The van der Waals surface area contributed by atoms with Crippen molar-refractivity contribution in [1.82, 2.24) is 14.1 Å². The highest BCUT2D eigenvalue weighted by Gasteiger charge is 2.28. The minimum atomic E-state index is -3.61. The van der Waals surface area contributed by atoms with Crippen LogP contribution in [-0.4, -0.2) is 42.9 Å². The molecule has 1 aromatic carbocycles. The lowest BCUT2D eigenvalue weighted by Gasteiger charge is -2.18. The molecule has 2 rings (SSSR count). The molecule has 0 saturated heterocycles. The van der Waals surface area contributed by atoms with Gasteiger partial charge in [-0.2, -0.15) is 9.40 Å². The summed E-state index contributed by atoms with van der Waals surface area (Å²) in [5.41, 5.74) is 2.02. The van der Waals surface area contributed by atoms with Gasteiger partial charge in [0, 0.05) is 25.5 Å². The summed E-state index contributed by atoms with van der Waals surface area (Å²) in [6.45, 7) is 3.74. The molecule has 1 heterocycles. The number of hydrogen-bond donors (Lipinski definition) is 0. The van der Waals surface area contributed by atoms with Gasteiger partial charge in [-0.15, -0.1) is 11.8 Å². The van der Waals surface area contributed by atoms with Gasteiger partial charge in [-0.05, 0) is 37.8 Å². The minimum Gasteiger partial charge on any atom is -0.496 e. The van der Waals surface area contributed by atoms with Gasteiger partial charge in [-0.3, -0.25) is 4.68 Å². The standard InChI is InChI=1S/C16H23N3O3S2/c1-11-16(12(2)19(4)17-11)24(20,21)18(3)10-13-7-8-15(23-6)14(9-13)22-5/h7-9H,10H2,1-6H3. The Bertz CT molecular complexity index is 844. The van der Waals surface area contributed by atoms with Crippen molar-refractivity contribution >= 4 is 21.8 Å². The van der Waals surface area contributed by atoms with Crippen LogP contribution in [0.2, 0.25) is 0 Å². The number of ether oxygens (including phenoxy) is 1. The lowest BCUT2D eigenvalue weighted by Crippen LogP contribution is -2.27. The summed E-state index contributed by atoms with van der Waals surface area (Å²) in [6.07, 6.45) is 1.97. The predicted octanol–water partition coefficient (Wildman–Crippen LogP) is 2.59. The van der Waals surface area contributed by atoms with E-state index in [4.69, 9.17) is 4.74 Å². The van der Waals surface area contributed by atoms with Crippen molar-refractivity contribution in [1.29, 1.82) is 0 Å². The number of methoxy groups -OCH3 is 1. The Kier molecular flexibility index (Phi) is 5.62. The summed E-state index contributed by atoms with van der Waals surface area (Å²) < 4.78 is 34.1. The fourth-order valence-electron chi connectivity index (χ4n) is 2.60. The van der Waals surface area contributed by atoms with Crippen molar-refractivity contribution < 1.29 is 13.2 Å². The second-order valence-electron chi connectivity index (χ2n) is 5.57.